The SMILES string of the molecule is O=C(C[C@@H](CSCc1ccccc1)C(=O)O)/C(=C\c1ccc(-c2ccccc2)cc1)NC(=O)c1cccs1. The summed E-state index contributed by atoms with van der Waals surface area (Å²) >= 11 is 2.74. The van der Waals surface area contributed by atoms with E-state index in [-0.39, 0.29) is 17.9 Å². The van der Waals surface area contributed by atoms with Crippen LogP contribution < -0.4 is 5.32 Å². The van der Waals surface area contributed by atoms with Gasteiger partial charge in [0.2, 0.25) is 0 Å². The minimum atomic E-state index is -1.03. The Labute approximate surface area is 230 Å². The molecular weight excluding hydrogens is 514 g/mol. The molecule has 0 unspecified atom stereocenters. The Kier molecular flexibility index (Phi) is 9.67. The number of ketones is 1. The molecule has 192 valence electrons. The molecule has 5 nitrogen and oxygen atoms in total. The van der Waals surface area contributed by atoms with Crippen molar-refractivity contribution >= 4 is 46.8 Å². The maximum atomic E-state index is 13.3. The molecule has 7 heteroatoms. The molecule has 0 saturated carbocycles. The van der Waals surface area contributed by atoms with Gasteiger partial charge in [0.05, 0.1) is 16.5 Å². The van der Waals surface area contributed by atoms with E-state index >= 15 is 0 Å². The summed E-state index contributed by atoms with van der Waals surface area (Å²) in [6.07, 6.45) is 1.40. The molecule has 1 atom stereocenters. The maximum Gasteiger partial charge on any atom is 0.307 e. The van der Waals surface area contributed by atoms with E-state index in [0.29, 0.717) is 10.6 Å². The average molecular weight is 542 g/mol. The lowest BCUT2D eigenvalue weighted by molar-refractivity contribution is -0.142. The van der Waals surface area contributed by atoms with Crippen LogP contribution in [-0.4, -0.2) is 28.5 Å². The predicted octanol–water partition coefficient (Wildman–Crippen LogP) is 6.78. The van der Waals surface area contributed by atoms with Crippen molar-refractivity contribution in [3.8, 4) is 11.1 Å². The minimum absolute atomic E-state index is 0.0789. The fraction of sp³-hybridized carbons (Fsp3) is 0.129. The van der Waals surface area contributed by atoms with E-state index in [1.54, 1.807) is 23.6 Å². The van der Waals surface area contributed by atoms with Crippen molar-refractivity contribution in [3.63, 3.8) is 0 Å². The van der Waals surface area contributed by atoms with Gasteiger partial charge < -0.3 is 10.4 Å². The number of carbonyl (C=O) groups is 3. The number of thiophene rings is 1. The van der Waals surface area contributed by atoms with Crippen molar-refractivity contribution in [2.75, 3.05) is 5.75 Å². The second-order valence-corrected chi connectivity index (χ2v) is 10.6. The normalized spacial score (nSPS) is 12.1. The van der Waals surface area contributed by atoms with Gasteiger partial charge in [0, 0.05) is 17.9 Å². The van der Waals surface area contributed by atoms with Gasteiger partial charge in [0.15, 0.2) is 5.78 Å². The molecule has 4 rings (SSSR count). The van der Waals surface area contributed by atoms with E-state index < -0.39 is 23.6 Å². The Morgan fingerprint density at radius 1 is 0.842 bits per heavy atom. The molecule has 1 amide bonds. The summed E-state index contributed by atoms with van der Waals surface area (Å²) in [6, 6.07) is 30.8. The van der Waals surface area contributed by atoms with Gasteiger partial charge in [-0.15, -0.1) is 11.3 Å². The first-order valence-electron chi connectivity index (χ1n) is 12.1. The van der Waals surface area contributed by atoms with Gasteiger partial charge in [-0.3, -0.25) is 14.4 Å². The average Bonchev–Trinajstić information content (AvgIpc) is 3.49. The zero-order valence-corrected chi connectivity index (χ0v) is 22.2. The van der Waals surface area contributed by atoms with Crippen molar-refractivity contribution in [2.24, 2.45) is 5.92 Å². The molecule has 0 aliphatic rings. The maximum absolute atomic E-state index is 13.3. The molecule has 0 saturated heterocycles. The molecule has 0 bridgehead atoms. The van der Waals surface area contributed by atoms with Crippen molar-refractivity contribution in [3.05, 3.63) is 124 Å². The first-order valence-corrected chi connectivity index (χ1v) is 14.1. The molecular formula is C31H27NO4S2. The number of rotatable bonds is 12. The van der Waals surface area contributed by atoms with E-state index in [1.807, 2.05) is 84.9 Å². The van der Waals surface area contributed by atoms with Crippen LogP contribution in [0, 0.1) is 5.92 Å². The molecule has 1 aromatic heterocycles. The summed E-state index contributed by atoms with van der Waals surface area (Å²) in [7, 11) is 0. The molecule has 2 N–H and O–H groups in total. The lowest BCUT2D eigenvalue weighted by atomic mass is 10.0. The summed E-state index contributed by atoms with van der Waals surface area (Å²) in [4.78, 5) is 38.6. The van der Waals surface area contributed by atoms with Gasteiger partial charge in [0.25, 0.3) is 5.91 Å². The topological polar surface area (TPSA) is 83.5 Å². The number of hydrogen-bond donors (Lipinski definition) is 2. The third kappa shape index (κ3) is 7.78. The van der Waals surface area contributed by atoms with Gasteiger partial charge in [-0.25, -0.2) is 0 Å². The van der Waals surface area contributed by atoms with Crippen LogP contribution in [0.3, 0.4) is 0 Å². The summed E-state index contributed by atoms with van der Waals surface area (Å²) in [5.41, 5.74) is 4.00. The number of carbonyl (C=O) groups excluding carboxylic acids is 2. The molecule has 3 aromatic carbocycles. The van der Waals surface area contributed by atoms with E-state index in [0.717, 1.165) is 22.3 Å². The first-order chi connectivity index (χ1) is 18.5. The highest BCUT2D eigenvalue weighted by Crippen LogP contribution is 2.22. The third-order valence-electron chi connectivity index (χ3n) is 5.83. The number of allylic oxidation sites excluding steroid dienone is 1. The molecule has 4 aromatic rings. The van der Waals surface area contributed by atoms with Crippen molar-refractivity contribution < 1.29 is 19.5 Å². The fourth-order valence-corrected chi connectivity index (χ4v) is 5.50. The van der Waals surface area contributed by atoms with E-state index in [1.165, 1.54) is 23.1 Å². The highest BCUT2D eigenvalue weighted by Gasteiger charge is 2.24. The van der Waals surface area contributed by atoms with Gasteiger partial charge in [-0.1, -0.05) is 91.0 Å². The highest BCUT2D eigenvalue weighted by molar-refractivity contribution is 7.98. The number of aliphatic carboxylic acids is 1. The summed E-state index contributed by atoms with van der Waals surface area (Å²) in [6.45, 7) is 0. The molecule has 0 aliphatic heterocycles. The summed E-state index contributed by atoms with van der Waals surface area (Å²) < 4.78 is 0. The zero-order chi connectivity index (χ0) is 26.7. The van der Waals surface area contributed by atoms with Gasteiger partial charge >= 0.3 is 5.97 Å². The molecule has 1 heterocycles. The van der Waals surface area contributed by atoms with Crippen LogP contribution in [0.2, 0.25) is 0 Å². The van der Waals surface area contributed by atoms with Gasteiger partial charge in [-0.05, 0) is 39.8 Å². The standard InChI is InChI=1S/C31H27NO4S2/c33-28(19-26(31(35)36)21-37-20-23-8-3-1-4-9-23)27(32-30(34)29-12-7-17-38-29)18-22-13-15-25(16-14-22)24-10-5-2-6-11-24/h1-18,26H,19-21H2,(H,32,34)(H,35,36)/b27-18+/t26-/m0/s1. The Morgan fingerprint density at radius 2 is 1.50 bits per heavy atom. The lowest BCUT2D eigenvalue weighted by Crippen LogP contribution is -2.29. The fourth-order valence-electron chi connectivity index (χ4n) is 3.79. The summed E-state index contributed by atoms with van der Waals surface area (Å²) in [5, 5.41) is 14.3. The molecule has 38 heavy (non-hydrogen) atoms. The van der Waals surface area contributed by atoms with Crippen LogP contribution in [-0.2, 0) is 15.3 Å². The quantitative estimate of drug-likeness (QED) is 0.193. The molecule has 0 spiro atoms. The van der Waals surface area contributed by atoms with E-state index in [9.17, 15) is 19.5 Å². The Hall–Kier alpha value is -3.94. The predicted molar refractivity (Wildman–Crippen MR) is 155 cm³/mol. The second kappa shape index (κ2) is 13.6. The van der Waals surface area contributed by atoms with Crippen molar-refractivity contribution in [1.82, 2.24) is 5.32 Å². The lowest BCUT2D eigenvalue weighted by Gasteiger charge is -2.14. The van der Waals surface area contributed by atoms with Crippen LogP contribution >= 0.6 is 23.1 Å². The number of benzene rings is 3. The van der Waals surface area contributed by atoms with Gasteiger partial charge in [-0.2, -0.15) is 11.8 Å². The van der Waals surface area contributed by atoms with Crippen LogP contribution in [0.25, 0.3) is 17.2 Å². The number of thioether (sulfide) groups is 1. The second-order valence-electron chi connectivity index (χ2n) is 8.64. The number of Topliss-reactive ketones (excluding diaryl/α,β-unsaturated/α-hetero) is 1. The van der Waals surface area contributed by atoms with E-state index in [4.69, 9.17) is 0 Å². The summed E-state index contributed by atoms with van der Waals surface area (Å²) in [5.74, 6) is -1.78. The number of amides is 1. The third-order valence-corrected chi connectivity index (χ3v) is 7.88. The van der Waals surface area contributed by atoms with Crippen molar-refractivity contribution in [1.29, 1.82) is 0 Å². The monoisotopic (exact) mass is 541 g/mol. The minimum Gasteiger partial charge on any atom is -0.481 e. The Balaban J connectivity index is 1.51. The first kappa shape index (κ1) is 27.1. The molecule has 0 aliphatic carbocycles. The zero-order valence-electron chi connectivity index (χ0n) is 20.6. The number of nitrogens with one attached hydrogen (secondary N) is 1. The van der Waals surface area contributed by atoms with Crippen LogP contribution in [0.1, 0.15) is 27.2 Å². The molecule has 0 radical (unpaired) electrons. The van der Waals surface area contributed by atoms with Crippen molar-refractivity contribution in [2.45, 2.75) is 12.2 Å². The van der Waals surface area contributed by atoms with Gasteiger partial charge in [0.1, 0.15) is 0 Å². The van der Waals surface area contributed by atoms with E-state index in [2.05, 4.69) is 5.32 Å². The number of carboxylic acids is 1. The Bertz CT molecular complexity index is 1380. The number of hydrogen-bond acceptors (Lipinski definition) is 5. The Morgan fingerprint density at radius 3 is 2.13 bits per heavy atom. The highest BCUT2D eigenvalue weighted by atomic mass is 32.2. The largest absolute Gasteiger partial charge is 0.481 e. The van der Waals surface area contributed by atoms with Crippen LogP contribution in [0.15, 0.2) is 108 Å². The molecule has 0 fully saturated rings. The smallest absolute Gasteiger partial charge is 0.307 e. The van der Waals surface area contributed by atoms with Crippen LogP contribution in [0.5, 0.6) is 0 Å². The number of carboxylic acid groups (broad SMARTS) is 1. The van der Waals surface area contributed by atoms with Crippen LogP contribution in [0.4, 0.5) is 0 Å².